The molecule has 2 aliphatic carbocycles. The van der Waals surface area contributed by atoms with Crippen LogP contribution in [0.1, 0.15) is 60.3 Å². The Bertz CT molecular complexity index is 1210. The first-order valence-corrected chi connectivity index (χ1v) is 13.9. The van der Waals surface area contributed by atoms with Crippen LogP contribution in [-0.4, -0.2) is 50.6 Å². The topological polar surface area (TPSA) is 124 Å². The molecule has 1 aromatic heterocycles. The van der Waals surface area contributed by atoms with Crippen molar-refractivity contribution < 1.29 is 22.7 Å². The molecule has 190 valence electrons. The summed E-state index contributed by atoms with van der Waals surface area (Å²) in [4.78, 5) is 15.0. The van der Waals surface area contributed by atoms with Crippen LogP contribution >= 0.6 is 0 Å². The number of hydrogen-bond donors (Lipinski definition) is 4. The van der Waals surface area contributed by atoms with Crippen molar-refractivity contribution in [1.29, 1.82) is 0 Å². The van der Waals surface area contributed by atoms with Crippen LogP contribution in [0.4, 0.5) is 10.5 Å². The number of amides is 2. The number of nitrogens with zero attached hydrogens (tertiary/aromatic N) is 1. The number of aliphatic hydroxyl groups is 1. The average Bonchev–Trinajstić information content (AvgIpc) is 3.53. The number of carbonyl (C=O) groups is 1. The number of nitrogens with one attached hydrogen (secondary N) is 3. The highest BCUT2D eigenvalue weighted by molar-refractivity contribution is 7.89. The molecule has 35 heavy (non-hydrogen) atoms. The molecule has 0 saturated carbocycles. The Morgan fingerprint density at radius 2 is 1.71 bits per heavy atom. The first-order chi connectivity index (χ1) is 16.6. The summed E-state index contributed by atoms with van der Waals surface area (Å²) in [5.74, 6) is 0.388. The van der Waals surface area contributed by atoms with E-state index in [1.807, 2.05) is 0 Å². The van der Waals surface area contributed by atoms with Crippen LogP contribution in [0.5, 0.6) is 0 Å². The number of urea groups is 1. The molecule has 0 unspecified atom stereocenters. The molecule has 0 spiro atoms. The van der Waals surface area contributed by atoms with E-state index in [4.69, 9.17) is 4.42 Å². The van der Waals surface area contributed by atoms with Crippen molar-refractivity contribution in [2.24, 2.45) is 0 Å². The minimum absolute atomic E-state index is 0.376. The monoisotopic (exact) mass is 502 g/mol. The van der Waals surface area contributed by atoms with Gasteiger partial charge in [0.15, 0.2) is 0 Å². The van der Waals surface area contributed by atoms with Gasteiger partial charge >= 0.3 is 6.03 Å². The van der Waals surface area contributed by atoms with Crippen LogP contribution < -0.4 is 15.4 Å². The minimum Gasteiger partial charge on any atom is -0.446 e. The van der Waals surface area contributed by atoms with E-state index in [9.17, 15) is 18.3 Å². The van der Waals surface area contributed by atoms with E-state index in [-0.39, 0.29) is 5.09 Å². The first kappa shape index (κ1) is 24.3. The standard InChI is InChI=1S/C25H34N4O5S/c1-25(2,31)20-14-22(34-21(20)15-29-11-9-26-10-12-29)35(32,33)28-24(30)27-23-18-7-3-5-16(18)13-17-6-4-8-19(17)23/h13-14,26,31H,3-12,15H2,1-2H3,(H2,27,28,30). The van der Waals surface area contributed by atoms with Gasteiger partial charge in [-0.05, 0) is 74.6 Å². The Balaban J connectivity index is 1.37. The van der Waals surface area contributed by atoms with Crippen LogP contribution in [0.15, 0.2) is 21.6 Å². The van der Waals surface area contributed by atoms with Crippen molar-refractivity contribution in [1.82, 2.24) is 14.9 Å². The van der Waals surface area contributed by atoms with Gasteiger partial charge in [0.05, 0.1) is 12.1 Å². The molecule has 1 fully saturated rings. The zero-order valence-electron chi connectivity index (χ0n) is 20.4. The molecule has 0 bridgehead atoms. The van der Waals surface area contributed by atoms with Gasteiger partial charge < -0.3 is 20.2 Å². The highest BCUT2D eigenvalue weighted by Crippen LogP contribution is 2.38. The summed E-state index contributed by atoms with van der Waals surface area (Å²) in [6.07, 6.45) is 5.81. The van der Waals surface area contributed by atoms with E-state index < -0.39 is 21.7 Å². The van der Waals surface area contributed by atoms with Gasteiger partial charge in [-0.25, -0.2) is 9.52 Å². The maximum atomic E-state index is 13.1. The maximum absolute atomic E-state index is 13.1. The minimum atomic E-state index is -4.28. The normalized spacial score (nSPS) is 18.4. The molecule has 10 heteroatoms. The maximum Gasteiger partial charge on any atom is 0.333 e. The highest BCUT2D eigenvalue weighted by Gasteiger charge is 2.32. The lowest BCUT2D eigenvalue weighted by Crippen LogP contribution is -2.43. The molecule has 4 N–H and O–H groups in total. The summed E-state index contributed by atoms with van der Waals surface area (Å²) in [5.41, 5.74) is 4.63. The number of anilines is 1. The van der Waals surface area contributed by atoms with Crippen molar-refractivity contribution in [2.75, 3.05) is 31.5 Å². The summed E-state index contributed by atoms with van der Waals surface area (Å²) in [6.45, 7) is 6.81. The molecule has 1 aliphatic heterocycles. The number of benzene rings is 1. The molecular weight excluding hydrogens is 468 g/mol. The van der Waals surface area contributed by atoms with Crippen LogP contribution in [0.3, 0.4) is 0 Å². The molecule has 0 radical (unpaired) electrons. The number of fused-ring (bicyclic) bond motifs is 2. The molecule has 5 rings (SSSR count). The molecule has 0 atom stereocenters. The SMILES string of the molecule is CC(C)(O)c1cc(S(=O)(=O)NC(=O)Nc2c3c(cc4c2CCC4)CCC3)oc1CN1CCNCC1. The van der Waals surface area contributed by atoms with Crippen LogP contribution in [0, 0.1) is 0 Å². The number of aryl methyl sites for hydroxylation is 2. The second-order valence-corrected chi connectivity index (χ2v) is 11.9. The summed E-state index contributed by atoms with van der Waals surface area (Å²) < 4.78 is 34.1. The molecule has 2 amide bonds. The fourth-order valence-electron chi connectivity index (χ4n) is 5.52. The number of carbonyl (C=O) groups excluding carboxylic acids is 1. The van der Waals surface area contributed by atoms with Gasteiger partial charge in [-0.1, -0.05) is 6.07 Å². The third kappa shape index (κ3) is 4.97. The van der Waals surface area contributed by atoms with Crippen molar-refractivity contribution in [2.45, 2.75) is 69.6 Å². The molecular formula is C25H34N4O5S. The van der Waals surface area contributed by atoms with Crippen LogP contribution in [0.2, 0.25) is 0 Å². The molecule has 1 aromatic carbocycles. The Labute approximate surface area is 206 Å². The molecule has 2 heterocycles. The van der Waals surface area contributed by atoms with E-state index in [1.165, 1.54) is 17.2 Å². The number of hydrogen-bond acceptors (Lipinski definition) is 7. The Morgan fingerprint density at radius 1 is 1.09 bits per heavy atom. The number of rotatable bonds is 6. The van der Waals surface area contributed by atoms with E-state index in [1.54, 1.807) is 13.8 Å². The molecule has 2 aromatic rings. The third-order valence-corrected chi connectivity index (χ3v) is 8.41. The lowest BCUT2D eigenvalue weighted by atomic mass is 9.99. The van der Waals surface area contributed by atoms with Crippen molar-refractivity contribution in [3.63, 3.8) is 0 Å². The van der Waals surface area contributed by atoms with Gasteiger partial charge in [0.1, 0.15) is 5.76 Å². The Kier molecular flexibility index (Phi) is 6.41. The lowest BCUT2D eigenvalue weighted by molar-refractivity contribution is 0.0746. The fraction of sp³-hybridized carbons (Fsp3) is 0.560. The van der Waals surface area contributed by atoms with E-state index in [2.05, 4.69) is 26.3 Å². The summed E-state index contributed by atoms with van der Waals surface area (Å²) in [5, 5.41) is 16.4. The van der Waals surface area contributed by atoms with Gasteiger partial charge in [0.2, 0.25) is 5.09 Å². The fourth-order valence-corrected chi connectivity index (χ4v) is 6.40. The van der Waals surface area contributed by atoms with E-state index in [0.29, 0.717) is 17.9 Å². The van der Waals surface area contributed by atoms with Gasteiger partial charge in [0.25, 0.3) is 10.0 Å². The second kappa shape index (κ2) is 9.24. The molecule has 3 aliphatic rings. The van der Waals surface area contributed by atoms with Crippen molar-refractivity contribution in [3.05, 3.63) is 45.7 Å². The van der Waals surface area contributed by atoms with Gasteiger partial charge in [-0.15, -0.1) is 0 Å². The third-order valence-electron chi connectivity index (χ3n) is 7.23. The predicted octanol–water partition coefficient (Wildman–Crippen LogP) is 2.40. The summed E-state index contributed by atoms with van der Waals surface area (Å²) >= 11 is 0. The molecule has 1 saturated heterocycles. The van der Waals surface area contributed by atoms with Crippen LogP contribution in [0.25, 0.3) is 0 Å². The lowest BCUT2D eigenvalue weighted by Gasteiger charge is -2.27. The zero-order valence-corrected chi connectivity index (χ0v) is 21.2. The van der Waals surface area contributed by atoms with Crippen molar-refractivity contribution >= 4 is 21.7 Å². The predicted molar refractivity (Wildman–Crippen MR) is 132 cm³/mol. The second-order valence-electron chi connectivity index (χ2n) is 10.3. The van der Waals surface area contributed by atoms with Gasteiger partial charge in [0, 0.05) is 43.5 Å². The average molecular weight is 503 g/mol. The Morgan fingerprint density at radius 3 is 2.31 bits per heavy atom. The highest BCUT2D eigenvalue weighted by atomic mass is 32.2. The quantitative estimate of drug-likeness (QED) is 0.478. The Hall–Kier alpha value is -2.40. The van der Waals surface area contributed by atoms with E-state index in [0.717, 1.165) is 81.5 Å². The van der Waals surface area contributed by atoms with Crippen LogP contribution in [-0.2, 0) is 47.9 Å². The first-order valence-electron chi connectivity index (χ1n) is 12.4. The number of piperazine rings is 1. The number of sulfonamides is 1. The summed E-state index contributed by atoms with van der Waals surface area (Å²) in [6, 6.07) is 2.78. The molecule has 9 nitrogen and oxygen atoms in total. The smallest absolute Gasteiger partial charge is 0.333 e. The van der Waals surface area contributed by atoms with Gasteiger partial charge in [-0.2, -0.15) is 8.42 Å². The number of furan rings is 1. The zero-order chi connectivity index (χ0) is 24.8. The largest absolute Gasteiger partial charge is 0.446 e. The summed E-state index contributed by atoms with van der Waals surface area (Å²) in [7, 11) is -4.28. The van der Waals surface area contributed by atoms with Crippen molar-refractivity contribution in [3.8, 4) is 0 Å². The van der Waals surface area contributed by atoms with E-state index >= 15 is 0 Å². The van der Waals surface area contributed by atoms with Gasteiger partial charge in [-0.3, -0.25) is 4.90 Å².